The summed E-state index contributed by atoms with van der Waals surface area (Å²) in [5, 5.41) is 26.2. The van der Waals surface area contributed by atoms with E-state index < -0.39 is 28.8 Å². The van der Waals surface area contributed by atoms with Gasteiger partial charge in [-0.1, -0.05) is 24.3 Å². The largest absolute Gasteiger partial charge is 0.465 e. The molecule has 1 amide bonds. The molecule has 0 saturated heterocycles. The smallest absolute Gasteiger partial charge is 0.405 e. The topological polar surface area (TPSA) is 110 Å². The van der Waals surface area contributed by atoms with Crippen molar-refractivity contribution in [3.05, 3.63) is 58.8 Å². The van der Waals surface area contributed by atoms with Crippen molar-refractivity contribution in [1.82, 2.24) is 15.1 Å². The number of hydrogen-bond donors (Lipinski definition) is 2. The van der Waals surface area contributed by atoms with E-state index >= 15 is 0 Å². The monoisotopic (exact) mass is 408 g/mol. The highest BCUT2D eigenvalue weighted by Crippen LogP contribution is 2.36. The van der Waals surface area contributed by atoms with Gasteiger partial charge in [0.25, 0.3) is 0 Å². The van der Waals surface area contributed by atoms with Crippen LogP contribution in [0.25, 0.3) is 11.3 Å². The van der Waals surface area contributed by atoms with E-state index in [-0.39, 0.29) is 17.2 Å². The minimum absolute atomic E-state index is 0.184. The summed E-state index contributed by atoms with van der Waals surface area (Å²) in [6, 6.07) is 6.47. The van der Waals surface area contributed by atoms with Crippen LogP contribution < -0.4 is 5.32 Å². The first-order valence-electron chi connectivity index (χ1n) is 8.78. The fourth-order valence-electron chi connectivity index (χ4n) is 3.35. The quantitative estimate of drug-likeness (QED) is 0.346. The molecule has 1 aromatic heterocycles. The summed E-state index contributed by atoms with van der Waals surface area (Å²) < 4.78 is 26.9. The normalized spacial score (nSPS) is 12.6. The number of halogens is 2. The second-order valence-electron chi connectivity index (χ2n) is 7.22. The SMILES string of the molecule is C=CC[C@@H](CC(C)(C)NC(=O)O)c1cccc(-c2c([N+](=O)[O-])cnn2C(F)F)c1. The summed E-state index contributed by atoms with van der Waals surface area (Å²) >= 11 is 0. The van der Waals surface area contributed by atoms with Gasteiger partial charge in [-0.2, -0.15) is 18.6 Å². The molecule has 10 heteroatoms. The second-order valence-corrected chi connectivity index (χ2v) is 7.22. The zero-order valence-corrected chi connectivity index (χ0v) is 16.0. The highest BCUT2D eigenvalue weighted by Gasteiger charge is 2.28. The van der Waals surface area contributed by atoms with E-state index in [0.29, 0.717) is 17.5 Å². The Morgan fingerprint density at radius 3 is 2.72 bits per heavy atom. The van der Waals surface area contributed by atoms with Gasteiger partial charge in [0.15, 0.2) is 5.69 Å². The van der Waals surface area contributed by atoms with Crippen LogP contribution in [0.15, 0.2) is 43.1 Å². The van der Waals surface area contributed by atoms with Crippen LogP contribution in [0.4, 0.5) is 19.3 Å². The highest BCUT2D eigenvalue weighted by molar-refractivity contribution is 5.70. The van der Waals surface area contributed by atoms with Crippen LogP contribution in [0, 0.1) is 10.1 Å². The molecule has 0 aliphatic rings. The lowest BCUT2D eigenvalue weighted by Crippen LogP contribution is -2.43. The Hall–Kier alpha value is -3.30. The zero-order valence-electron chi connectivity index (χ0n) is 16.0. The van der Waals surface area contributed by atoms with Crippen LogP contribution in [0.3, 0.4) is 0 Å². The molecule has 2 aromatic rings. The van der Waals surface area contributed by atoms with Crippen LogP contribution in [0.2, 0.25) is 0 Å². The van der Waals surface area contributed by atoms with E-state index in [9.17, 15) is 23.7 Å². The molecule has 156 valence electrons. The highest BCUT2D eigenvalue weighted by atomic mass is 19.3. The van der Waals surface area contributed by atoms with Crippen molar-refractivity contribution < 1.29 is 23.6 Å². The van der Waals surface area contributed by atoms with Gasteiger partial charge in [0, 0.05) is 11.1 Å². The predicted octanol–water partition coefficient (Wildman–Crippen LogP) is 4.95. The van der Waals surface area contributed by atoms with E-state index in [4.69, 9.17) is 5.11 Å². The van der Waals surface area contributed by atoms with E-state index in [0.717, 1.165) is 11.8 Å². The summed E-state index contributed by atoms with van der Waals surface area (Å²) in [4.78, 5) is 21.5. The van der Waals surface area contributed by atoms with E-state index in [1.54, 1.807) is 38.1 Å². The van der Waals surface area contributed by atoms with Gasteiger partial charge < -0.3 is 10.4 Å². The van der Waals surface area contributed by atoms with Gasteiger partial charge in [0.2, 0.25) is 0 Å². The van der Waals surface area contributed by atoms with E-state index in [1.165, 1.54) is 6.07 Å². The number of allylic oxidation sites excluding steroid dienone is 1. The third kappa shape index (κ3) is 5.37. The molecule has 2 N–H and O–H groups in total. The van der Waals surface area contributed by atoms with Crippen LogP contribution in [0.1, 0.15) is 44.7 Å². The number of nitrogens with one attached hydrogen (secondary N) is 1. The minimum Gasteiger partial charge on any atom is -0.465 e. The third-order valence-corrected chi connectivity index (χ3v) is 4.44. The molecule has 29 heavy (non-hydrogen) atoms. The minimum atomic E-state index is -3.04. The molecular formula is C19H22F2N4O4. The Kier molecular flexibility index (Phi) is 6.68. The lowest BCUT2D eigenvalue weighted by molar-refractivity contribution is -0.384. The lowest BCUT2D eigenvalue weighted by Gasteiger charge is -2.29. The number of carboxylic acid groups (broad SMARTS) is 1. The number of rotatable bonds is 9. The Balaban J connectivity index is 2.49. The van der Waals surface area contributed by atoms with Crippen molar-refractivity contribution in [3.8, 4) is 11.3 Å². The van der Waals surface area contributed by atoms with Crippen molar-refractivity contribution >= 4 is 11.8 Å². The van der Waals surface area contributed by atoms with Gasteiger partial charge in [0.1, 0.15) is 6.20 Å². The number of carbonyl (C=O) groups is 1. The van der Waals surface area contributed by atoms with Crippen molar-refractivity contribution in [2.45, 2.75) is 44.7 Å². The molecule has 8 nitrogen and oxygen atoms in total. The van der Waals surface area contributed by atoms with Crippen LogP contribution in [-0.2, 0) is 0 Å². The number of aromatic nitrogens is 2. The van der Waals surface area contributed by atoms with Gasteiger partial charge in [0.05, 0.1) is 4.92 Å². The van der Waals surface area contributed by atoms with Crippen LogP contribution in [-0.4, -0.2) is 31.4 Å². The maximum Gasteiger partial charge on any atom is 0.405 e. The maximum atomic E-state index is 13.3. The summed E-state index contributed by atoms with van der Waals surface area (Å²) in [6.45, 7) is 4.16. The molecule has 0 aliphatic carbocycles. The molecule has 2 rings (SSSR count). The maximum absolute atomic E-state index is 13.3. The Labute approximate surface area is 166 Å². The second kappa shape index (κ2) is 8.80. The Morgan fingerprint density at radius 1 is 1.48 bits per heavy atom. The molecule has 1 aromatic carbocycles. The predicted molar refractivity (Wildman–Crippen MR) is 103 cm³/mol. The summed E-state index contributed by atoms with van der Waals surface area (Å²) in [6.07, 6.45) is 2.24. The molecule has 0 fully saturated rings. The fourth-order valence-corrected chi connectivity index (χ4v) is 3.35. The molecule has 0 bridgehead atoms. The standard InChI is InChI=1S/C19H22F2N4O4/c1-4-6-14(10-19(2,3)23-18(26)27)12-7-5-8-13(9-12)16-15(25(28)29)11-22-24(16)17(20)21/h4-5,7-9,11,14,17,23H,1,6,10H2,2-3H3,(H,26,27)/t14-/m0/s1. The number of hydrogen-bond acceptors (Lipinski definition) is 4. The zero-order chi connectivity index (χ0) is 21.8. The molecule has 0 unspecified atom stereocenters. The van der Waals surface area contributed by atoms with Crippen molar-refractivity contribution in [3.63, 3.8) is 0 Å². The van der Waals surface area contributed by atoms with Gasteiger partial charge in [-0.3, -0.25) is 10.1 Å². The molecule has 0 saturated carbocycles. The molecule has 0 radical (unpaired) electrons. The van der Waals surface area contributed by atoms with Gasteiger partial charge in [-0.25, -0.2) is 4.79 Å². The van der Waals surface area contributed by atoms with Gasteiger partial charge in [-0.05, 0) is 44.2 Å². The summed E-state index contributed by atoms with van der Waals surface area (Å²) in [5.74, 6) is -0.184. The molecule has 1 heterocycles. The Bertz CT molecular complexity index is 911. The summed E-state index contributed by atoms with van der Waals surface area (Å²) in [7, 11) is 0. The average Bonchev–Trinajstić information content (AvgIpc) is 3.06. The van der Waals surface area contributed by atoms with Crippen molar-refractivity contribution in [2.24, 2.45) is 0 Å². The van der Waals surface area contributed by atoms with E-state index in [2.05, 4.69) is 17.0 Å². The van der Waals surface area contributed by atoms with Crippen LogP contribution in [0.5, 0.6) is 0 Å². The van der Waals surface area contributed by atoms with E-state index in [1.807, 2.05) is 0 Å². The van der Waals surface area contributed by atoms with Gasteiger partial charge >= 0.3 is 18.3 Å². The molecule has 0 spiro atoms. The summed E-state index contributed by atoms with van der Waals surface area (Å²) in [5.41, 5.74) is -0.613. The molecular weight excluding hydrogens is 386 g/mol. The number of nitrogens with zero attached hydrogens (tertiary/aromatic N) is 3. The number of amides is 1. The number of alkyl halides is 2. The average molecular weight is 408 g/mol. The molecule has 0 aliphatic heterocycles. The van der Waals surface area contributed by atoms with Crippen LogP contribution >= 0.6 is 0 Å². The number of nitro groups is 1. The van der Waals surface area contributed by atoms with Gasteiger partial charge in [-0.15, -0.1) is 6.58 Å². The lowest BCUT2D eigenvalue weighted by atomic mass is 9.83. The van der Waals surface area contributed by atoms with Crippen molar-refractivity contribution in [1.29, 1.82) is 0 Å². The first-order chi connectivity index (χ1) is 13.6. The third-order valence-electron chi connectivity index (χ3n) is 4.44. The van der Waals surface area contributed by atoms with Crippen molar-refractivity contribution in [2.75, 3.05) is 0 Å². The fraction of sp³-hybridized carbons (Fsp3) is 0.368. The number of benzene rings is 1. The molecule has 1 atom stereocenters. The first kappa shape index (κ1) is 22.0. The Morgan fingerprint density at radius 2 is 2.17 bits per heavy atom. The first-order valence-corrected chi connectivity index (χ1v) is 8.78.